The summed E-state index contributed by atoms with van der Waals surface area (Å²) in [5.74, 6) is 0.310. The molecule has 0 amide bonds. The molecule has 0 unspecified atom stereocenters. The zero-order valence-electron chi connectivity index (χ0n) is 9.91. The Morgan fingerprint density at radius 1 is 1.22 bits per heavy atom. The van der Waals surface area contributed by atoms with Gasteiger partial charge in [-0.3, -0.25) is 0 Å². The lowest BCUT2D eigenvalue weighted by Crippen LogP contribution is -1.90. The molecule has 18 heavy (non-hydrogen) atoms. The van der Waals surface area contributed by atoms with Gasteiger partial charge in [-0.25, -0.2) is 4.39 Å². The minimum atomic E-state index is -0.228. The third kappa shape index (κ3) is 3.18. The van der Waals surface area contributed by atoms with Gasteiger partial charge in [0.05, 0.1) is 0 Å². The number of hydrogen-bond donors (Lipinski definition) is 1. The van der Waals surface area contributed by atoms with Gasteiger partial charge in [0.25, 0.3) is 0 Å². The third-order valence-electron chi connectivity index (χ3n) is 2.60. The molecule has 0 saturated carbocycles. The maximum absolute atomic E-state index is 13.6. The Morgan fingerprint density at radius 2 is 2.00 bits per heavy atom. The van der Waals surface area contributed by atoms with Crippen molar-refractivity contribution in [3.8, 4) is 0 Å². The second-order valence-corrected chi connectivity index (χ2v) is 5.50. The van der Waals surface area contributed by atoms with E-state index in [1.165, 1.54) is 6.07 Å². The molecular weight excluding hydrogens is 269 g/mol. The molecule has 0 atom stereocenters. The summed E-state index contributed by atoms with van der Waals surface area (Å²) in [5.41, 5.74) is 8.20. The van der Waals surface area contributed by atoms with E-state index in [9.17, 15) is 4.39 Å². The highest BCUT2D eigenvalue weighted by atomic mass is 35.5. The Hall–Kier alpha value is -1.19. The van der Waals surface area contributed by atoms with Crippen LogP contribution in [-0.4, -0.2) is 0 Å². The highest BCUT2D eigenvalue weighted by Crippen LogP contribution is 2.29. The maximum Gasteiger partial charge on any atom is 0.127 e. The molecule has 0 saturated heterocycles. The minimum absolute atomic E-state index is 0.228. The van der Waals surface area contributed by atoms with Crippen LogP contribution >= 0.6 is 23.4 Å². The summed E-state index contributed by atoms with van der Waals surface area (Å²) in [6.45, 7) is 2.01. The Morgan fingerprint density at radius 3 is 2.78 bits per heavy atom. The fraction of sp³-hybridized carbons (Fsp3) is 0.143. The highest BCUT2D eigenvalue weighted by molar-refractivity contribution is 7.98. The molecule has 94 valence electrons. The van der Waals surface area contributed by atoms with E-state index in [1.54, 1.807) is 23.9 Å². The lowest BCUT2D eigenvalue weighted by Gasteiger charge is -2.07. The maximum atomic E-state index is 13.6. The molecule has 0 aromatic heterocycles. The molecule has 2 N–H and O–H groups in total. The van der Waals surface area contributed by atoms with Crippen LogP contribution in [0, 0.1) is 12.7 Å². The molecule has 0 heterocycles. The van der Waals surface area contributed by atoms with Crippen molar-refractivity contribution in [3.05, 3.63) is 58.4 Å². The number of benzene rings is 2. The summed E-state index contributed by atoms with van der Waals surface area (Å²) in [4.78, 5) is 1.06. The van der Waals surface area contributed by atoms with Crippen LogP contribution in [0.5, 0.6) is 0 Å². The molecule has 0 fully saturated rings. The van der Waals surface area contributed by atoms with Crippen molar-refractivity contribution < 1.29 is 4.39 Å². The Bertz CT molecular complexity index is 520. The van der Waals surface area contributed by atoms with Crippen molar-refractivity contribution in [2.75, 3.05) is 5.73 Å². The van der Waals surface area contributed by atoms with Crippen LogP contribution in [0.4, 0.5) is 10.1 Å². The van der Waals surface area contributed by atoms with E-state index in [-0.39, 0.29) is 5.82 Å². The molecule has 0 aliphatic rings. The Labute approximate surface area is 115 Å². The summed E-state index contributed by atoms with van der Waals surface area (Å²) in [5, 5.41) is 0.552. The molecule has 0 spiro atoms. The molecule has 1 nitrogen and oxygen atoms in total. The first kappa shape index (κ1) is 13.2. The lowest BCUT2D eigenvalue weighted by atomic mass is 10.2. The van der Waals surface area contributed by atoms with Crippen LogP contribution in [0.2, 0.25) is 5.02 Å². The number of nitrogens with two attached hydrogens (primary N) is 1. The van der Waals surface area contributed by atoms with Gasteiger partial charge >= 0.3 is 0 Å². The fourth-order valence-corrected chi connectivity index (χ4v) is 2.82. The second kappa shape index (κ2) is 5.63. The summed E-state index contributed by atoms with van der Waals surface area (Å²) in [6, 6.07) is 10.3. The summed E-state index contributed by atoms with van der Waals surface area (Å²) < 4.78 is 13.6. The fourth-order valence-electron chi connectivity index (χ4n) is 1.58. The minimum Gasteiger partial charge on any atom is -0.399 e. The van der Waals surface area contributed by atoms with Gasteiger partial charge in [0.2, 0.25) is 0 Å². The molecule has 0 bridgehead atoms. The summed E-state index contributed by atoms with van der Waals surface area (Å²) >= 11 is 7.42. The summed E-state index contributed by atoms with van der Waals surface area (Å²) in [7, 11) is 0. The van der Waals surface area contributed by atoms with Crippen LogP contribution in [0.1, 0.15) is 11.1 Å². The van der Waals surface area contributed by atoms with Gasteiger partial charge in [0.1, 0.15) is 5.82 Å². The van der Waals surface area contributed by atoms with Crippen LogP contribution in [0.25, 0.3) is 0 Å². The number of nitrogen functional groups attached to an aromatic ring is 1. The highest BCUT2D eigenvalue weighted by Gasteiger charge is 2.06. The van der Waals surface area contributed by atoms with E-state index in [2.05, 4.69) is 0 Å². The Balaban J connectivity index is 2.16. The zero-order chi connectivity index (χ0) is 13.1. The number of thioether (sulfide) groups is 1. The second-order valence-electron chi connectivity index (χ2n) is 4.05. The quantitative estimate of drug-likeness (QED) is 0.654. The molecule has 0 radical (unpaired) electrons. The number of hydrogen-bond acceptors (Lipinski definition) is 2. The molecule has 4 heteroatoms. The largest absolute Gasteiger partial charge is 0.399 e. The Kier molecular flexibility index (Phi) is 4.15. The molecule has 2 aromatic rings. The van der Waals surface area contributed by atoms with Crippen LogP contribution in [0.15, 0.2) is 41.3 Å². The predicted molar refractivity (Wildman–Crippen MR) is 76.6 cm³/mol. The van der Waals surface area contributed by atoms with Crippen LogP contribution in [-0.2, 0) is 5.75 Å². The standard InChI is InChI=1S/C14H13ClFNS/c1-9-2-4-12(17)7-14(9)18-8-10-6-11(15)3-5-13(10)16/h2-7H,8,17H2,1H3. The molecule has 2 rings (SSSR count). The van der Waals surface area contributed by atoms with E-state index in [4.69, 9.17) is 17.3 Å². The van der Waals surface area contributed by atoms with Gasteiger partial charge in [-0.15, -0.1) is 11.8 Å². The van der Waals surface area contributed by atoms with Crippen molar-refractivity contribution in [1.29, 1.82) is 0 Å². The van der Waals surface area contributed by atoms with E-state index in [0.717, 1.165) is 16.1 Å². The number of halogens is 2. The van der Waals surface area contributed by atoms with E-state index in [1.807, 2.05) is 25.1 Å². The van der Waals surface area contributed by atoms with Crippen molar-refractivity contribution in [3.63, 3.8) is 0 Å². The zero-order valence-corrected chi connectivity index (χ0v) is 11.5. The molecule has 0 aliphatic carbocycles. The monoisotopic (exact) mass is 281 g/mol. The molecule has 2 aromatic carbocycles. The first-order valence-corrected chi connectivity index (χ1v) is 6.85. The SMILES string of the molecule is Cc1ccc(N)cc1SCc1cc(Cl)ccc1F. The number of aryl methyl sites for hydroxylation is 1. The van der Waals surface area contributed by atoms with Crippen molar-refractivity contribution in [1.82, 2.24) is 0 Å². The van der Waals surface area contributed by atoms with E-state index in [0.29, 0.717) is 16.3 Å². The molecule has 0 aliphatic heterocycles. The normalized spacial score (nSPS) is 10.6. The van der Waals surface area contributed by atoms with Gasteiger partial charge in [0, 0.05) is 21.4 Å². The van der Waals surface area contributed by atoms with Crippen LogP contribution in [0.3, 0.4) is 0 Å². The third-order valence-corrected chi connectivity index (χ3v) is 4.04. The van der Waals surface area contributed by atoms with E-state index < -0.39 is 0 Å². The van der Waals surface area contributed by atoms with E-state index >= 15 is 0 Å². The van der Waals surface area contributed by atoms with Crippen molar-refractivity contribution in [2.24, 2.45) is 0 Å². The van der Waals surface area contributed by atoms with Gasteiger partial charge in [-0.05, 0) is 48.4 Å². The average Bonchev–Trinajstić information content (AvgIpc) is 2.34. The first-order chi connectivity index (χ1) is 8.56. The number of rotatable bonds is 3. The van der Waals surface area contributed by atoms with Gasteiger partial charge in [-0.1, -0.05) is 17.7 Å². The van der Waals surface area contributed by atoms with Crippen LogP contribution < -0.4 is 5.73 Å². The lowest BCUT2D eigenvalue weighted by molar-refractivity contribution is 0.617. The molecular formula is C14H13ClFNS. The van der Waals surface area contributed by atoms with Gasteiger partial charge in [0.15, 0.2) is 0 Å². The number of anilines is 1. The first-order valence-electron chi connectivity index (χ1n) is 5.49. The average molecular weight is 282 g/mol. The van der Waals surface area contributed by atoms with Crippen molar-refractivity contribution >= 4 is 29.1 Å². The smallest absolute Gasteiger partial charge is 0.127 e. The van der Waals surface area contributed by atoms with Crippen molar-refractivity contribution in [2.45, 2.75) is 17.6 Å². The van der Waals surface area contributed by atoms with Gasteiger partial charge < -0.3 is 5.73 Å². The predicted octanol–water partition coefficient (Wildman–Crippen LogP) is 4.66. The topological polar surface area (TPSA) is 26.0 Å². The van der Waals surface area contributed by atoms with Gasteiger partial charge in [-0.2, -0.15) is 0 Å². The summed E-state index contributed by atoms with van der Waals surface area (Å²) in [6.07, 6.45) is 0.